The van der Waals surface area contributed by atoms with Gasteiger partial charge >= 0.3 is 6.61 Å². The van der Waals surface area contributed by atoms with E-state index in [4.69, 9.17) is 23.2 Å². The summed E-state index contributed by atoms with van der Waals surface area (Å²) in [5.41, 5.74) is 0.334. The Morgan fingerprint density at radius 3 is 2.55 bits per heavy atom. The van der Waals surface area contributed by atoms with Gasteiger partial charge in [0.1, 0.15) is 0 Å². The van der Waals surface area contributed by atoms with Crippen LogP contribution in [0.1, 0.15) is 12.8 Å². The summed E-state index contributed by atoms with van der Waals surface area (Å²) in [6, 6.07) is 2.38. The number of ether oxygens (including phenoxy) is 1. The standard InChI is InChI=1S/C12H12Cl2F2N2O2/c13-7-4-6(5-8(14)10(7)20-12(15)16)18-11(19)9-2-1-3-17-9/h4-5,9,12,17H,1-3H2,(H,18,19)/t9-/m1/s1. The first-order chi connectivity index (χ1) is 9.47. The molecule has 2 rings (SSSR count). The third-order valence-electron chi connectivity index (χ3n) is 2.85. The summed E-state index contributed by atoms with van der Waals surface area (Å²) in [5.74, 6) is -0.516. The summed E-state index contributed by atoms with van der Waals surface area (Å²) in [6.07, 6.45) is 1.68. The lowest BCUT2D eigenvalue weighted by atomic mass is 10.2. The summed E-state index contributed by atoms with van der Waals surface area (Å²) in [6.45, 7) is -2.23. The average molecular weight is 325 g/mol. The number of rotatable bonds is 4. The normalized spacial score (nSPS) is 18.4. The number of hydrogen-bond donors (Lipinski definition) is 2. The number of halogens is 4. The third kappa shape index (κ3) is 3.71. The van der Waals surface area contributed by atoms with E-state index in [1.807, 2.05) is 0 Å². The maximum absolute atomic E-state index is 12.2. The van der Waals surface area contributed by atoms with Crippen LogP contribution in [0, 0.1) is 0 Å². The summed E-state index contributed by atoms with van der Waals surface area (Å²) < 4.78 is 28.6. The van der Waals surface area contributed by atoms with Gasteiger partial charge in [0.05, 0.1) is 16.1 Å². The van der Waals surface area contributed by atoms with E-state index in [2.05, 4.69) is 15.4 Å². The van der Waals surface area contributed by atoms with Crippen molar-refractivity contribution in [2.75, 3.05) is 11.9 Å². The predicted octanol–water partition coefficient (Wildman–Crippen LogP) is 3.29. The van der Waals surface area contributed by atoms with Gasteiger partial charge in [0, 0.05) is 5.69 Å². The van der Waals surface area contributed by atoms with Gasteiger partial charge in [-0.05, 0) is 31.5 Å². The Morgan fingerprint density at radius 1 is 1.40 bits per heavy atom. The quantitative estimate of drug-likeness (QED) is 0.893. The van der Waals surface area contributed by atoms with Gasteiger partial charge in [0.2, 0.25) is 5.91 Å². The number of anilines is 1. The van der Waals surface area contributed by atoms with E-state index in [0.717, 1.165) is 19.4 Å². The van der Waals surface area contributed by atoms with E-state index >= 15 is 0 Å². The highest BCUT2D eigenvalue weighted by Crippen LogP contribution is 2.37. The zero-order chi connectivity index (χ0) is 14.7. The van der Waals surface area contributed by atoms with Crippen LogP contribution in [0.3, 0.4) is 0 Å². The van der Waals surface area contributed by atoms with Crippen molar-refractivity contribution < 1.29 is 18.3 Å². The van der Waals surface area contributed by atoms with Crippen molar-refractivity contribution in [1.82, 2.24) is 5.32 Å². The van der Waals surface area contributed by atoms with Crippen LogP contribution >= 0.6 is 23.2 Å². The smallest absolute Gasteiger partial charge is 0.387 e. The van der Waals surface area contributed by atoms with Crippen molar-refractivity contribution in [1.29, 1.82) is 0 Å². The largest absolute Gasteiger partial charge is 0.432 e. The Morgan fingerprint density at radius 2 is 2.05 bits per heavy atom. The molecular weight excluding hydrogens is 313 g/mol. The molecule has 1 aromatic carbocycles. The molecular formula is C12H12Cl2F2N2O2. The topological polar surface area (TPSA) is 50.4 Å². The zero-order valence-electron chi connectivity index (χ0n) is 10.3. The molecule has 1 fully saturated rings. The van der Waals surface area contributed by atoms with E-state index in [1.165, 1.54) is 12.1 Å². The maximum atomic E-state index is 12.2. The second kappa shape index (κ2) is 6.56. The second-order valence-electron chi connectivity index (χ2n) is 4.29. The fraction of sp³-hybridized carbons (Fsp3) is 0.417. The molecule has 1 saturated heterocycles. The van der Waals surface area contributed by atoms with E-state index < -0.39 is 6.61 Å². The van der Waals surface area contributed by atoms with E-state index in [9.17, 15) is 13.6 Å². The molecule has 0 aromatic heterocycles. The van der Waals surface area contributed by atoms with Gasteiger partial charge in [0.25, 0.3) is 0 Å². The Kier molecular flexibility index (Phi) is 5.01. The lowest BCUT2D eigenvalue weighted by molar-refractivity contribution is -0.117. The van der Waals surface area contributed by atoms with Crippen molar-refractivity contribution >= 4 is 34.8 Å². The van der Waals surface area contributed by atoms with E-state index in [0.29, 0.717) is 5.69 Å². The second-order valence-corrected chi connectivity index (χ2v) is 5.10. The Hall–Kier alpha value is -1.11. The molecule has 1 aliphatic rings. The molecule has 1 heterocycles. The van der Waals surface area contributed by atoms with Crippen LogP contribution in [0.5, 0.6) is 5.75 Å². The molecule has 110 valence electrons. The lowest BCUT2D eigenvalue weighted by Crippen LogP contribution is -2.35. The first kappa shape index (κ1) is 15.3. The number of hydrogen-bond acceptors (Lipinski definition) is 3. The van der Waals surface area contributed by atoms with Crippen molar-refractivity contribution in [2.45, 2.75) is 25.5 Å². The molecule has 0 aliphatic carbocycles. The fourth-order valence-electron chi connectivity index (χ4n) is 1.97. The highest BCUT2D eigenvalue weighted by molar-refractivity contribution is 6.37. The SMILES string of the molecule is O=C(Nc1cc(Cl)c(OC(F)F)c(Cl)c1)[C@H]1CCCN1. The number of benzene rings is 1. The summed E-state index contributed by atoms with van der Waals surface area (Å²) in [5, 5.41) is 5.49. The zero-order valence-corrected chi connectivity index (χ0v) is 11.8. The Bertz CT molecular complexity index is 485. The van der Waals surface area contributed by atoms with Crippen molar-refractivity contribution in [3.8, 4) is 5.75 Å². The highest BCUT2D eigenvalue weighted by Gasteiger charge is 2.22. The van der Waals surface area contributed by atoms with Gasteiger partial charge in [-0.25, -0.2) is 0 Å². The van der Waals surface area contributed by atoms with Crippen LogP contribution in [-0.4, -0.2) is 25.1 Å². The lowest BCUT2D eigenvalue weighted by Gasteiger charge is -2.14. The first-order valence-electron chi connectivity index (χ1n) is 5.95. The summed E-state index contributed by atoms with van der Waals surface area (Å²) in [7, 11) is 0. The summed E-state index contributed by atoms with van der Waals surface area (Å²) in [4.78, 5) is 11.9. The minimum atomic E-state index is -3.02. The average Bonchev–Trinajstić information content (AvgIpc) is 2.87. The molecule has 20 heavy (non-hydrogen) atoms. The first-order valence-corrected chi connectivity index (χ1v) is 6.71. The number of amides is 1. The number of carbonyl (C=O) groups excluding carboxylic acids is 1. The fourth-order valence-corrected chi connectivity index (χ4v) is 2.55. The summed E-state index contributed by atoms with van der Waals surface area (Å²) >= 11 is 11.6. The molecule has 1 amide bonds. The molecule has 0 radical (unpaired) electrons. The van der Waals surface area contributed by atoms with Gasteiger partial charge in [0.15, 0.2) is 5.75 Å². The van der Waals surface area contributed by atoms with Gasteiger partial charge in [-0.3, -0.25) is 4.79 Å². The minimum absolute atomic E-state index is 0.0903. The highest BCUT2D eigenvalue weighted by atomic mass is 35.5. The molecule has 1 aromatic rings. The van der Waals surface area contributed by atoms with Crippen molar-refractivity contribution in [3.05, 3.63) is 22.2 Å². The minimum Gasteiger partial charge on any atom is -0.432 e. The predicted molar refractivity (Wildman–Crippen MR) is 72.7 cm³/mol. The number of alkyl halides is 2. The van der Waals surface area contributed by atoms with Crippen LogP contribution in [0.2, 0.25) is 10.0 Å². The van der Waals surface area contributed by atoms with Gasteiger partial charge in [-0.1, -0.05) is 23.2 Å². The monoisotopic (exact) mass is 324 g/mol. The Labute approximate surface area is 124 Å². The molecule has 0 saturated carbocycles. The molecule has 0 spiro atoms. The molecule has 8 heteroatoms. The van der Waals surface area contributed by atoms with Crippen LogP contribution in [0.4, 0.5) is 14.5 Å². The van der Waals surface area contributed by atoms with Crippen LogP contribution in [0.15, 0.2) is 12.1 Å². The molecule has 2 N–H and O–H groups in total. The van der Waals surface area contributed by atoms with E-state index in [-0.39, 0.29) is 27.7 Å². The van der Waals surface area contributed by atoms with Gasteiger partial charge in [-0.2, -0.15) is 8.78 Å². The van der Waals surface area contributed by atoms with Crippen LogP contribution in [-0.2, 0) is 4.79 Å². The van der Waals surface area contributed by atoms with Gasteiger partial charge in [-0.15, -0.1) is 0 Å². The molecule has 0 unspecified atom stereocenters. The Balaban J connectivity index is 2.11. The van der Waals surface area contributed by atoms with Crippen LogP contribution in [0.25, 0.3) is 0 Å². The number of carbonyl (C=O) groups is 1. The van der Waals surface area contributed by atoms with E-state index in [1.54, 1.807) is 0 Å². The molecule has 1 atom stereocenters. The molecule has 1 aliphatic heterocycles. The van der Waals surface area contributed by atoms with Crippen LogP contribution < -0.4 is 15.4 Å². The number of nitrogens with one attached hydrogen (secondary N) is 2. The van der Waals surface area contributed by atoms with Crippen molar-refractivity contribution in [2.24, 2.45) is 0 Å². The van der Waals surface area contributed by atoms with Gasteiger partial charge < -0.3 is 15.4 Å². The molecule has 0 bridgehead atoms. The van der Waals surface area contributed by atoms with Crippen molar-refractivity contribution in [3.63, 3.8) is 0 Å². The third-order valence-corrected chi connectivity index (χ3v) is 3.41. The molecule has 4 nitrogen and oxygen atoms in total. The maximum Gasteiger partial charge on any atom is 0.387 e.